The zero-order valence-electron chi connectivity index (χ0n) is 12.1. The standard InChI is InChI=1S/C17H19NO4/c19-10-14-8-13(6-7-16(14)21)17(22)9-18-15(11-20)12-4-2-1-3-5-12/h1-8,15,18-21H,9-11H2. The first-order valence-electron chi connectivity index (χ1n) is 7.01. The van der Waals surface area contributed by atoms with Crippen molar-refractivity contribution >= 4 is 5.78 Å². The maximum atomic E-state index is 12.2. The van der Waals surface area contributed by atoms with Crippen molar-refractivity contribution in [2.24, 2.45) is 0 Å². The zero-order chi connectivity index (χ0) is 15.9. The molecular weight excluding hydrogens is 282 g/mol. The fourth-order valence-electron chi connectivity index (χ4n) is 2.18. The highest BCUT2D eigenvalue weighted by atomic mass is 16.3. The molecule has 0 amide bonds. The number of aliphatic hydroxyl groups excluding tert-OH is 2. The quantitative estimate of drug-likeness (QED) is 0.580. The smallest absolute Gasteiger partial charge is 0.176 e. The number of nitrogens with one attached hydrogen (secondary N) is 1. The molecule has 0 fully saturated rings. The van der Waals surface area contributed by atoms with Crippen molar-refractivity contribution in [1.82, 2.24) is 5.32 Å². The van der Waals surface area contributed by atoms with Gasteiger partial charge in [0.25, 0.3) is 0 Å². The van der Waals surface area contributed by atoms with Gasteiger partial charge in [-0.05, 0) is 23.8 Å². The highest BCUT2D eigenvalue weighted by Gasteiger charge is 2.13. The molecule has 0 saturated carbocycles. The molecule has 22 heavy (non-hydrogen) atoms. The van der Waals surface area contributed by atoms with Crippen LogP contribution < -0.4 is 5.32 Å². The predicted molar refractivity (Wildman–Crippen MR) is 82.6 cm³/mol. The van der Waals surface area contributed by atoms with Crippen LogP contribution in [-0.4, -0.2) is 34.3 Å². The second-order valence-corrected chi connectivity index (χ2v) is 4.95. The lowest BCUT2D eigenvalue weighted by atomic mass is 10.0. The van der Waals surface area contributed by atoms with Gasteiger partial charge in [-0.2, -0.15) is 0 Å². The molecule has 5 nitrogen and oxygen atoms in total. The van der Waals surface area contributed by atoms with E-state index in [1.165, 1.54) is 18.2 Å². The maximum Gasteiger partial charge on any atom is 0.176 e. The van der Waals surface area contributed by atoms with Crippen LogP contribution in [0, 0.1) is 0 Å². The van der Waals surface area contributed by atoms with Crippen LogP contribution in [0.5, 0.6) is 5.75 Å². The van der Waals surface area contributed by atoms with Crippen molar-refractivity contribution in [3.63, 3.8) is 0 Å². The first kappa shape index (κ1) is 16.2. The summed E-state index contributed by atoms with van der Waals surface area (Å²) in [6.07, 6.45) is 0. The first-order chi connectivity index (χ1) is 10.7. The summed E-state index contributed by atoms with van der Waals surface area (Å²) in [5.41, 5.74) is 1.62. The molecule has 0 bridgehead atoms. The SMILES string of the molecule is O=C(CNC(CO)c1ccccc1)c1ccc(O)c(CO)c1. The molecule has 0 heterocycles. The Morgan fingerprint density at radius 1 is 1.09 bits per heavy atom. The lowest BCUT2D eigenvalue weighted by molar-refractivity contribution is 0.0982. The number of benzene rings is 2. The average Bonchev–Trinajstić information content (AvgIpc) is 2.56. The van der Waals surface area contributed by atoms with Crippen LogP contribution >= 0.6 is 0 Å². The van der Waals surface area contributed by atoms with E-state index in [1.807, 2.05) is 30.3 Å². The minimum Gasteiger partial charge on any atom is -0.508 e. The van der Waals surface area contributed by atoms with E-state index in [2.05, 4.69) is 5.32 Å². The van der Waals surface area contributed by atoms with E-state index in [4.69, 9.17) is 5.11 Å². The minimum absolute atomic E-state index is 0.0375. The van der Waals surface area contributed by atoms with Crippen LogP contribution in [0.3, 0.4) is 0 Å². The third-order valence-electron chi connectivity index (χ3n) is 3.47. The highest BCUT2D eigenvalue weighted by molar-refractivity contribution is 5.98. The third-order valence-corrected chi connectivity index (χ3v) is 3.47. The number of carbonyl (C=O) groups is 1. The fourth-order valence-corrected chi connectivity index (χ4v) is 2.18. The van der Waals surface area contributed by atoms with Crippen molar-refractivity contribution in [2.75, 3.05) is 13.2 Å². The summed E-state index contributed by atoms with van der Waals surface area (Å²) in [7, 11) is 0. The largest absolute Gasteiger partial charge is 0.508 e. The summed E-state index contributed by atoms with van der Waals surface area (Å²) in [6, 6.07) is 13.4. The molecule has 0 spiro atoms. The number of aliphatic hydroxyl groups is 2. The fraction of sp³-hybridized carbons (Fsp3) is 0.235. The van der Waals surface area contributed by atoms with E-state index in [0.717, 1.165) is 5.56 Å². The van der Waals surface area contributed by atoms with Crippen LogP contribution in [0.4, 0.5) is 0 Å². The van der Waals surface area contributed by atoms with Crippen molar-refractivity contribution in [2.45, 2.75) is 12.6 Å². The molecule has 4 N–H and O–H groups in total. The Morgan fingerprint density at radius 2 is 1.82 bits per heavy atom. The summed E-state index contributed by atoms with van der Waals surface area (Å²) in [5.74, 6) is -0.214. The highest BCUT2D eigenvalue weighted by Crippen LogP contribution is 2.19. The minimum atomic E-state index is -0.330. The molecule has 1 unspecified atom stereocenters. The molecule has 0 aliphatic heterocycles. The molecule has 2 aromatic rings. The van der Waals surface area contributed by atoms with Gasteiger partial charge in [0, 0.05) is 11.1 Å². The molecule has 0 saturated heterocycles. The predicted octanol–water partition coefficient (Wildman–Crippen LogP) is 1.39. The molecule has 2 rings (SSSR count). The van der Waals surface area contributed by atoms with E-state index in [1.54, 1.807) is 0 Å². The molecule has 0 aromatic heterocycles. The second-order valence-electron chi connectivity index (χ2n) is 4.95. The lowest BCUT2D eigenvalue weighted by Gasteiger charge is -2.16. The monoisotopic (exact) mass is 301 g/mol. The van der Waals surface area contributed by atoms with Gasteiger partial charge < -0.3 is 20.6 Å². The van der Waals surface area contributed by atoms with Gasteiger partial charge in [-0.15, -0.1) is 0 Å². The Hall–Kier alpha value is -2.21. The molecule has 1 atom stereocenters. The Kier molecular flexibility index (Phi) is 5.66. The summed E-state index contributed by atoms with van der Waals surface area (Å²) < 4.78 is 0. The zero-order valence-corrected chi connectivity index (χ0v) is 12.1. The summed E-state index contributed by atoms with van der Waals surface area (Å²) >= 11 is 0. The van der Waals surface area contributed by atoms with Gasteiger partial charge in [0.2, 0.25) is 0 Å². The first-order valence-corrected chi connectivity index (χ1v) is 7.01. The van der Waals surface area contributed by atoms with Crippen LogP contribution in [-0.2, 0) is 6.61 Å². The van der Waals surface area contributed by atoms with Gasteiger partial charge in [-0.1, -0.05) is 30.3 Å². The Morgan fingerprint density at radius 3 is 2.45 bits per heavy atom. The van der Waals surface area contributed by atoms with E-state index in [0.29, 0.717) is 11.1 Å². The van der Waals surface area contributed by atoms with E-state index in [9.17, 15) is 15.0 Å². The van der Waals surface area contributed by atoms with Crippen molar-refractivity contribution < 1.29 is 20.1 Å². The molecule has 0 aliphatic rings. The van der Waals surface area contributed by atoms with Crippen molar-refractivity contribution in [1.29, 1.82) is 0 Å². The number of rotatable bonds is 7. The van der Waals surface area contributed by atoms with E-state index >= 15 is 0 Å². The Balaban J connectivity index is 2.03. The number of hydrogen-bond acceptors (Lipinski definition) is 5. The van der Waals surface area contributed by atoms with Gasteiger partial charge in [-0.3, -0.25) is 4.79 Å². The number of hydrogen-bond donors (Lipinski definition) is 4. The molecular formula is C17H19NO4. The number of phenols is 1. The molecule has 116 valence electrons. The van der Waals surface area contributed by atoms with Crippen LogP contribution in [0.25, 0.3) is 0 Å². The van der Waals surface area contributed by atoms with Crippen LogP contribution in [0.15, 0.2) is 48.5 Å². The topological polar surface area (TPSA) is 89.8 Å². The lowest BCUT2D eigenvalue weighted by Crippen LogP contribution is -2.30. The van der Waals surface area contributed by atoms with Gasteiger partial charge >= 0.3 is 0 Å². The summed E-state index contributed by atoms with van der Waals surface area (Å²) in [6.45, 7) is -0.395. The van der Waals surface area contributed by atoms with Crippen LogP contribution in [0.1, 0.15) is 27.5 Å². The Labute approximate surface area is 128 Å². The van der Waals surface area contributed by atoms with Gasteiger partial charge in [-0.25, -0.2) is 0 Å². The second kappa shape index (κ2) is 7.70. The third kappa shape index (κ3) is 3.92. The molecule has 2 aromatic carbocycles. The molecule has 5 heteroatoms. The molecule has 0 aliphatic carbocycles. The summed E-state index contributed by atoms with van der Waals surface area (Å²) in [5, 5.41) is 31.1. The number of ketones is 1. The van der Waals surface area contributed by atoms with Crippen molar-refractivity contribution in [3.8, 4) is 5.75 Å². The van der Waals surface area contributed by atoms with Crippen LogP contribution in [0.2, 0.25) is 0 Å². The maximum absolute atomic E-state index is 12.2. The number of carbonyl (C=O) groups excluding carboxylic acids is 1. The molecule has 0 radical (unpaired) electrons. The number of aromatic hydroxyl groups is 1. The van der Waals surface area contributed by atoms with Gasteiger partial charge in [0.15, 0.2) is 5.78 Å². The van der Waals surface area contributed by atoms with Gasteiger partial charge in [0.1, 0.15) is 5.75 Å². The normalized spacial score (nSPS) is 12.1. The summed E-state index contributed by atoms with van der Waals surface area (Å²) in [4.78, 5) is 12.2. The number of Topliss-reactive ketones (excluding diaryl/α,β-unsaturated/α-hetero) is 1. The average molecular weight is 301 g/mol. The Bertz CT molecular complexity index is 628. The van der Waals surface area contributed by atoms with E-state index in [-0.39, 0.29) is 37.3 Å². The van der Waals surface area contributed by atoms with E-state index < -0.39 is 0 Å². The van der Waals surface area contributed by atoms with Crippen molar-refractivity contribution in [3.05, 3.63) is 65.2 Å². The van der Waals surface area contributed by atoms with Gasteiger partial charge in [0.05, 0.1) is 25.8 Å².